The molecule has 0 aromatic rings. The van der Waals surface area contributed by atoms with Gasteiger partial charge in [-0.1, -0.05) is 18.2 Å². The molecule has 0 saturated heterocycles. The molecule has 0 aromatic heterocycles. The molecule has 1 aliphatic rings. The first-order valence-corrected chi connectivity index (χ1v) is 4.42. The smallest absolute Gasteiger partial charge is 0.315 e. The fourth-order valence-corrected chi connectivity index (χ4v) is 1.46. The third kappa shape index (κ3) is 2.29. The third-order valence-corrected chi connectivity index (χ3v) is 2.83. The Morgan fingerprint density at radius 1 is 1.79 bits per heavy atom. The molecule has 1 aliphatic carbocycles. The maximum absolute atomic E-state index is 10.9. The number of carboxylic acids is 1. The molecule has 80 valence electrons. The minimum absolute atomic E-state index is 0. The van der Waals surface area contributed by atoms with E-state index in [4.69, 9.17) is 22.4 Å². The van der Waals surface area contributed by atoms with Gasteiger partial charge in [-0.2, -0.15) is 0 Å². The van der Waals surface area contributed by atoms with Crippen LogP contribution in [-0.4, -0.2) is 23.0 Å². The number of carbonyl (C=O) groups is 1. The second-order valence-corrected chi connectivity index (χ2v) is 3.74. The van der Waals surface area contributed by atoms with Crippen LogP contribution in [0, 0.1) is 5.41 Å². The first-order valence-electron chi connectivity index (χ1n) is 3.98. The van der Waals surface area contributed by atoms with E-state index in [0.717, 1.165) is 5.57 Å². The van der Waals surface area contributed by atoms with Crippen molar-refractivity contribution >= 4 is 30.0 Å². The van der Waals surface area contributed by atoms with E-state index in [-0.39, 0.29) is 12.4 Å². The van der Waals surface area contributed by atoms with Crippen molar-refractivity contribution in [3.63, 3.8) is 0 Å². The Hall–Kier alpha value is -0.510. The van der Waals surface area contributed by atoms with Gasteiger partial charge in [0.15, 0.2) is 0 Å². The number of aliphatic carboxylic acids is 1. The van der Waals surface area contributed by atoms with E-state index in [1.807, 2.05) is 0 Å². The van der Waals surface area contributed by atoms with E-state index >= 15 is 0 Å². The van der Waals surface area contributed by atoms with Crippen LogP contribution in [-0.2, 0) is 4.79 Å². The van der Waals surface area contributed by atoms with Gasteiger partial charge in [0.2, 0.25) is 0 Å². The van der Waals surface area contributed by atoms with E-state index in [1.165, 1.54) is 0 Å². The predicted octanol–water partition coefficient (Wildman–Crippen LogP) is 1.56. The van der Waals surface area contributed by atoms with Crippen LogP contribution in [0.5, 0.6) is 0 Å². The Bertz CT molecular complexity index is 289. The summed E-state index contributed by atoms with van der Waals surface area (Å²) in [6.07, 6.45) is 5.05. The van der Waals surface area contributed by atoms with Crippen LogP contribution in [0.25, 0.3) is 0 Å². The second-order valence-electron chi connectivity index (χ2n) is 3.27. The van der Waals surface area contributed by atoms with Gasteiger partial charge in [-0.3, -0.25) is 4.79 Å². The molecule has 0 amide bonds. The lowest BCUT2D eigenvalue weighted by Crippen LogP contribution is -2.36. The van der Waals surface area contributed by atoms with Crippen LogP contribution in [0.15, 0.2) is 23.8 Å². The van der Waals surface area contributed by atoms with E-state index < -0.39 is 16.8 Å². The highest BCUT2D eigenvalue weighted by molar-refractivity contribution is 6.24. The van der Waals surface area contributed by atoms with E-state index in [9.17, 15) is 4.79 Å². The molecule has 0 radical (unpaired) electrons. The van der Waals surface area contributed by atoms with Crippen LogP contribution >= 0.6 is 24.0 Å². The van der Waals surface area contributed by atoms with Gasteiger partial charge < -0.3 is 10.8 Å². The first-order chi connectivity index (χ1) is 6.00. The summed E-state index contributed by atoms with van der Waals surface area (Å²) < 4.78 is 0. The summed E-state index contributed by atoms with van der Waals surface area (Å²) in [7, 11) is 0. The molecular formula is C9H13Cl2NO2. The monoisotopic (exact) mass is 237 g/mol. The van der Waals surface area contributed by atoms with Crippen molar-refractivity contribution in [3.05, 3.63) is 23.8 Å². The fraction of sp³-hybridized carbons (Fsp3) is 0.444. The quantitative estimate of drug-likeness (QED) is 0.717. The summed E-state index contributed by atoms with van der Waals surface area (Å²) in [5, 5.41) is 8.46. The molecular weight excluding hydrogens is 225 g/mol. The van der Waals surface area contributed by atoms with Crippen molar-refractivity contribution in [2.75, 3.05) is 6.54 Å². The van der Waals surface area contributed by atoms with Crippen LogP contribution in [0.4, 0.5) is 0 Å². The molecule has 3 N–H and O–H groups in total. The zero-order valence-electron chi connectivity index (χ0n) is 7.74. The maximum Gasteiger partial charge on any atom is 0.315 e. The average Bonchev–Trinajstić information content (AvgIpc) is 2.09. The normalized spacial score (nSPS) is 30.5. The minimum atomic E-state index is -1.04. The minimum Gasteiger partial charge on any atom is -0.481 e. The highest BCUT2D eigenvalue weighted by Crippen LogP contribution is 2.33. The lowest BCUT2D eigenvalue weighted by Gasteiger charge is -2.28. The molecule has 2 unspecified atom stereocenters. The molecule has 0 fully saturated rings. The number of halogens is 2. The Morgan fingerprint density at radius 2 is 2.36 bits per heavy atom. The zero-order chi connectivity index (χ0) is 10.1. The second kappa shape index (κ2) is 4.82. The molecule has 5 heteroatoms. The number of hydrogen-bond acceptors (Lipinski definition) is 2. The van der Waals surface area contributed by atoms with Crippen molar-refractivity contribution in [1.29, 1.82) is 0 Å². The van der Waals surface area contributed by atoms with Crippen LogP contribution < -0.4 is 5.73 Å². The number of rotatable bonds is 2. The zero-order valence-corrected chi connectivity index (χ0v) is 9.31. The van der Waals surface area contributed by atoms with Crippen molar-refractivity contribution in [3.8, 4) is 0 Å². The van der Waals surface area contributed by atoms with E-state index in [2.05, 4.69) is 0 Å². The molecule has 2 atom stereocenters. The summed E-state index contributed by atoms with van der Waals surface area (Å²) >= 11 is 5.89. The highest BCUT2D eigenvalue weighted by Gasteiger charge is 2.39. The Morgan fingerprint density at radius 3 is 2.79 bits per heavy atom. The molecule has 0 bridgehead atoms. The molecule has 1 rings (SSSR count). The highest BCUT2D eigenvalue weighted by atomic mass is 35.5. The standard InChI is InChI=1S/C9H12ClNO2.ClH/c1-9(8(12)13)4-6(5-11)2-3-7(9)10;/h2-4,7H,5,11H2,1H3,(H,12,13);1H. The number of carboxylic acid groups (broad SMARTS) is 1. The van der Waals surface area contributed by atoms with Crippen molar-refractivity contribution in [1.82, 2.24) is 0 Å². The lowest BCUT2D eigenvalue weighted by atomic mass is 9.81. The van der Waals surface area contributed by atoms with Crippen molar-refractivity contribution < 1.29 is 9.90 Å². The Kier molecular flexibility index (Phi) is 4.65. The van der Waals surface area contributed by atoms with Crippen LogP contribution in [0.3, 0.4) is 0 Å². The topological polar surface area (TPSA) is 63.3 Å². The summed E-state index contributed by atoms with van der Waals surface area (Å²) in [5.41, 5.74) is 5.18. The van der Waals surface area contributed by atoms with Crippen LogP contribution in [0.2, 0.25) is 0 Å². The van der Waals surface area contributed by atoms with Gasteiger partial charge in [0, 0.05) is 6.54 Å². The van der Waals surface area contributed by atoms with Crippen molar-refractivity contribution in [2.45, 2.75) is 12.3 Å². The number of allylic oxidation sites excluding steroid dienone is 1. The van der Waals surface area contributed by atoms with Gasteiger partial charge in [0.1, 0.15) is 5.41 Å². The number of hydrogen-bond donors (Lipinski definition) is 2. The van der Waals surface area contributed by atoms with Crippen molar-refractivity contribution in [2.24, 2.45) is 11.1 Å². The van der Waals surface area contributed by atoms with Gasteiger partial charge in [-0.05, 0) is 12.5 Å². The van der Waals surface area contributed by atoms with E-state index in [1.54, 1.807) is 25.2 Å². The summed E-state index contributed by atoms with van der Waals surface area (Å²) in [4.78, 5) is 10.9. The molecule has 0 aromatic carbocycles. The molecule has 0 saturated carbocycles. The molecule has 0 spiro atoms. The summed E-state index contributed by atoms with van der Waals surface area (Å²) in [5.74, 6) is -0.928. The maximum atomic E-state index is 10.9. The molecule has 3 nitrogen and oxygen atoms in total. The summed E-state index contributed by atoms with van der Waals surface area (Å²) in [6, 6.07) is 0. The number of nitrogens with two attached hydrogens (primary N) is 1. The largest absolute Gasteiger partial charge is 0.481 e. The number of alkyl halides is 1. The molecule has 0 heterocycles. The first kappa shape index (κ1) is 13.5. The van der Waals surface area contributed by atoms with Crippen LogP contribution in [0.1, 0.15) is 6.92 Å². The molecule has 0 aliphatic heterocycles. The van der Waals surface area contributed by atoms with Gasteiger partial charge >= 0.3 is 5.97 Å². The van der Waals surface area contributed by atoms with Gasteiger partial charge in [-0.25, -0.2) is 0 Å². The Labute approximate surface area is 94.0 Å². The SMILES string of the molecule is CC1(C(=O)O)C=C(CN)C=CC1Cl.Cl. The predicted molar refractivity (Wildman–Crippen MR) is 58.9 cm³/mol. The fourth-order valence-electron chi connectivity index (χ4n) is 1.23. The average molecular weight is 238 g/mol. The van der Waals surface area contributed by atoms with Gasteiger partial charge in [0.25, 0.3) is 0 Å². The summed E-state index contributed by atoms with van der Waals surface area (Å²) in [6.45, 7) is 1.93. The Balaban J connectivity index is 0.00000169. The lowest BCUT2D eigenvalue weighted by molar-refractivity contribution is -0.144. The van der Waals surface area contributed by atoms with Gasteiger partial charge in [-0.15, -0.1) is 24.0 Å². The van der Waals surface area contributed by atoms with Gasteiger partial charge in [0.05, 0.1) is 5.38 Å². The third-order valence-electron chi connectivity index (χ3n) is 2.23. The molecule has 14 heavy (non-hydrogen) atoms. The van der Waals surface area contributed by atoms with E-state index in [0.29, 0.717) is 6.54 Å².